The highest BCUT2D eigenvalue weighted by Gasteiger charge is 2.29. The molecule has 1 aliphatic heterocycles. The number of hydrogen-bond acceptors (Lipinski definition) is 5. The number of nitrogens with two attached hydrogens (primary N) is 1. The van der Waals surface area contributed by atoms with Gasteiger partial charge in [-0.05, 0) is 31.0 Å². The van der Waals surface area contributed by atoms with Crippen molar-refractivity contribution < 1.29 is 4.79 Å². The van der Waals surface area contributed by atoms with E-state index in [4.69, 9.17) is 10.7 Å². The SMILES string of the molecule is Cc1cc(-c2cnc(N)nc2)cc([C@H]2CCN(C(=O)C(C)C)C2)n1. The first-order valence-electron chi connectivity index (χ1n) is 8.29. The van der Waals surface area contributed by atoms with E-state index in [2.05, 4.69) is 16.0 Å². The maximum Gasteiger partial charge on any atom is 0.225 e. The number of amides is 1. The molecule has 6 nitrogen and oxygen atoms in total. The second-order valence-electron chi connectivity index (χ2n) is 6.68. The van der Waals surface area contributed by atoms with Crippen molar-refractivity contribution in [2.75, 3.05) is 18.8 Å². The molecular formula is C18H23N5O. The Morgan fingerprint density at radius 1 is 1.25 bits per heavy atom. The monoisotopic (exact) mass is 325 g/mol. The first kappa shape index (κ1) is 16.4. The number of nitrogen functional groups attached to an aromatic ring is 1. The Morgan fingerprint density at radius 3 is 2.62 bits per heavy atom. The highest BCUT2D eigenvalue weighted by atomic mass is 16.2. The average Bonchev–Trinajstić information content (AvgIpc) is 3.04. The first-order valence-corrected chi connectivity index (χ1v) is 8.29. The van der Waals surface area contributed by atoms with Gasteiger partial charge in [0.15, 0.2) is 0 Å². The molecule has 0 aliphatic carbocycles. The third-order valence-electron chi connectivity index (χ3n) is 4.39. The van der Waals surface area contributed by atoms with Crippen LogP contribution in [0.3, 0.4) is 0 Å². The number of carbonyl (C=O) groups is 1. The highest BCUT2D eigenvalue weighted by molar-refractivity contribution is 5.78. The molecule has 0 aromatic carbocycles. The van der Waals surface area contributed by atoms with Crippen molar-refractivity contribution in [3.63, 3.8) is 0 Å². The molecule has 0 saturated carbocycles. The fourth-order valence-corrected chi connectivity index (χ4v) is 3.12. The summed E-state index contributed by atoms with van der Waals surface area (Å²) in [5.74, 6) is 0.804. The molecule has 126 valence electrons. The molecule has 1 aliphatic rings. The Bertz CT molecular complexity index is 742. The quantitative estimate of drug-likeness (QED) is 0.936. The van der Waals surface area contributed by atoms with E-state index in [1.54, 1.807) is 12.4 Å². The lowest BCUT2D eigenvalue weighted by molar-refractivity contribution is -0.133. The third-order valence-corrected chi connectivity index (χ3v) is 4.39. The van der Waals surface area contributed by atoms with Gasteiger partial charge in [0, 0.05) is 54.3 Å². The van der Waals surface area contributed by atoms with E-state index < -0.39 is 0 Å². The molecule has 3 heterocycles. The Balaban J connectivity index is 1.85. The lowest BCUT2D eigenvalue weighted by Crippen LogP contribution is -2.32. The molecule has 2 N–H and O–H groups in total. The van der Waals surface area contributed by atoms with Crippen LogP contribution in [0.1, 0.15) is 37.6 Å². The zero-order valence-corrected chi connectivity index (χ0v) is 14.4. The largest absolute Gasteiger partial charge is 0.368 e. The van der Waals surface area contributed by atoms with Crippen LogP contribution in [0.2, 0.25) is 0 Å². The van der Waals surface area contributed by atoms with Gasteiger partial charge in [0.25, 0.3) is 0 Å². The van der Waals surface area contributed by atoms with Crippen molar-refractivity contribution in [1.82, 2.24) is 19.9 Å². The van der Waals surface area contributed by atoms with Gasteiger partial charge < -0.3 is 10.6 Å². The van der Waals surface area contributed by atoms with Crippen molar-refractivity contribution in [1.29, 1.82) is 0 Å². The van der Waals surface area contributed by atoms with E-state index >= 15 is 0 Å². The molecule has 1 fully saturated rings. The summed E-state index contributed by atoms with van der Waals surface area (Å²) in [6, 6.07) is 4.10. The summed E-state index contributed by atoms with van der Waals surface area (Å²) in [6.45, 7) is 7.42. The molecule has 1 saturated heterocycles. The van der Waals surface area contributed by atoms with Gasteiger partial charge >= 0.3 is 0 Å². The van der Waals surface area contributed by atoms with Gasteiger partial charge in [-0.1, -0.05) is 13.8 Å². The Labute approximate surface area is 142 Å². The number of likely N-dealkylation sites (tertiary alicyclic amines) is 1. The van der Waals surface area contributed by atoms with Crippen LogP contribution >= 0.6 is 0 Å². The summed E-state index contributed by atoms with van der Waals surface area (Å²) in [5, 5.41) is 0. The predicted octanol–water partition coefficient (Wildman–Crippen LogP) is 2.40. The molecule has 2 aromatic heterocycles. The van der Waals surface area contributed by atoms with Gasteiger partial charge in [0.05, 0.1) is 0 Å². The molecule has 2 aromatic rings. The number of hydrogen-bond donors (Lipinski definition) is 1. The topological polar surface area (TPSA) is 85.0 Å². The van der Waals surface area contributed by atoms with E-state index in [1.807, 2.05) is 31.7 Å². The van der Waals surface area contributed by atoms with Crippen LogP contribution in [0.25, 0.3) is 11.1 Å². The Kier molecular flexibility index (Phi) is 4.46. The molecule has 3 rings (SSSR count). The normalized spacial score (nSPS) is 17.5. The summed E-state index contributed by atoms with van der Waals surface area (Å²) in [4.78, 5) is 27.0. The van der Waals surface area contributed by atoms with Crippen LogP contribution in [0.15, 0.2) is 24.5 Å². The molecule has 24 heavy (non-hydrogen) atoms. The van der Waals surface area contributed by atoms with Crippen LogP contribution < -0.4 is 5.73 Å². The van der Waals surface area contributed by atoms with Crippen LogP contribution in [0.4, 0.5) is 5.95 Å². The first-order chi connectivity index (χ1) is 11.4. The number of aromatic nitrogens is 3. The summed E-state index contributed by atoms with van der Waals surface area (Å²) in [7, 11) is 0. The van der Waals surface area contributed by atoms with Gasteiger partial charge in [-0.2, -0.15) is 0 Å². The van der Waals surface area contributed by atoms with Gasteiger partial charge in [0.1, 0.15) is 0 Å². The van der Waals surface area contributed by atoms with E-state index in [9.17, 15) is 4.79 Å². The lowest BCUT2D eigenvalue weighted by atomic mass is 10.00. The smallest absolute Gasteiger partial charge is 0.225 e. The van der Waals surface area contributed by atoms with E-state index in [0.717, 1.165) is 42.0 Å². The standard InChI is InChI=1S/C18H23N5O/c1-11(2)17(24)23-5-4-13(10-23)16-7-14(6-12(3)22-16)15-8-20-18(19)21-9-15/h6-9,11,13H,4-5,10H2,1-3H3,(H2,19,20,21)/t13-/m0/s1. The van der Waals surface area contributed by atoms with E-state index in [-0.39, 0.29) is 23.7 Å². The Hall–Kier alpha value is -2.50. The predicted molar refractivity (Wildman–Crippen MR) is 93.2 cm³/mol. The molecule has 1 atom stereocenters. The summed E-state index contributed by atoms with van der Waals surface area (Å²) in [5.41, 5.74) is 9.49. The maximum atomic E-state index is 12.2. The average molecular weight is 325 g/mol. The fraction of sp³-hybridized carbons (Fsp3) is 0.444. The number of nitrogens with zero attached hydrogens (tertiary/aromatic N) is 4. The van der Waals surface area contributed by atoms with Crippen LogP contribution in [0, 0.1) is 12.8 Å². The third kappa shape index (κ3) is 3.37. The second kappa shape index (κ2) is 6.55. The number of anilines is 1. The Morgan fingerprint density at radius 2 is 1.96 bits per heavy atom. The molecule has 6 heteroatoms. The van der Waals surface area contributed by atoms with Gasteiger partial charge in [-0.25, -0.2) is 9.97 Å². The van der Waals surface area contributed by atoms with Crippen LogP contribution in [-0.2, 0) is 4.79 Å². The maximum absolute atomic E-state index is 12.2. The van der Waals surface area contributed by atoms with Crippen molar-refractivity contribution in [2.24, 2.45) is 5.92 Å². The summed E-state index contributed by atoms with van der Waals surface area (Å²) in [6.07, 6.45) is 4.40. The minimum Gasteiger partial charge on any atom is -0.368 e. The lowest BCUT2D eigenvalue weighted by Gasteiger charge is -2.19. The van der Waals surface area contributed by atoms with Crippen LogP contribution in [0.5, 0.6) is 0 Å². The van der Waals surface area contributed by atoms with Crippen molar-refractivity contribution in [2.45, 2.75) is 33.1 Å². The number of carbonyl (C=O) groups excluding carboxylic acids is 1. The van der Waals surface area contributed by atoms with E-state index in [1.165, 1.54) is 0 Å². The fourth-order valence-electron chi connectivity index (χ4n) is 3.12. The van der Waals surface area contributed by atoms with Crippen molar-refractivity contribution in [3.05, 3.63) is 35.9 Å². The van der Waals surface area contributed by atoms with Crippen molar-refractivity contribution in [3.8, 4) is 11.1 Å². The van der Waals surface area contributed by atoms with E-state index in [0.29, 0.717) is 0 Å². The summed E-state index contributed by atoms with van der Waals surface area (Å²) < 4.78 is 0. The second-order valence-corrected chi connectivity index (χ2v) is 6.68. The molecule has 0 unspecified atom stereocenters. The zero-order chi connectivity index (χ0) is 17.3. The minimum atomic E-state index is 0.0386. The molecular weight excluding hydrogens is 302 g/mol. The highest BCUT2D eigenvalue weighted by Crippen LogP contribution is 2.30. The van der Waals surface area contributed by atoms with Gasteiger partial charge in [-0.3, -0.25) is 9.78 Å². The van der Waals surface area contributed by atoms with Gasteiger partial charge in [0.2, 0.25) is 11.9 Å². The number of aryl methyl sites for hydroxylation is 1. The molecule has 0 spiro atoms. The number of rotatable bonds is 3. The zero-order valence-electron chi connectivity index (χ0n) is 14.4. The minimum absolute atomic E-state index is 0.0386. The van der Waals surface area contributed by atoms with Gasteiger partial charge in [-0.15, -0.1) is 0 Å². The molecule has 1 amide bonds. The van der Waals surface area contributed by atoms with Crippen molar-refractivity contribution >= 4 is 11.9 Å². The molecule has 0 bridgehead atoms. The summed E-state index contributed by atoms with van der Waals surface area (Å²) >= 11 is 0. The van der Waals surface area contributed by atoms with Crippen LogP contribution in [-0.4, -0.2) is 38.8 Å². The molecule has 0 radical (unpaired) electrons. The number of pyridine rings is 1.